The van der Waals surface area contributed by atoms with E-state index in [0.29, 0.717) is 25.6 Å². The van der Waals surface area contributed by atoms with Gasteiger partial charge in [-0.25, -0.2) is 4.79 Å². The summed E-state index contributed by atoms with van der Waals surface area (Å²) in [6.45, 7) is 7.23. The maximum Gasteiger partial charge on any atom is 0.332 e. The molecule has 0 heterocycles. The normalized spacial score (nSPS) is 12.3. The van der Waals surface area contributed by atoms with Crippen molar-refractivity contribution in [2.75, 3.05) is 33.4 Å². The van der Waals surface area contributed by atoms with Crippen molar-refractivity contribution < 1.29 is 19.1 Å². The van der Waals surface area contributed by atoms with Crippen molar-refractivity contribution in [1.82, 2.24) is 4.90 Å². The summed E-state index contributed by atoms with van der Waals surface area (Å²) in [5.74, 6) is -0.812. The predicted molar refractivity (Wildman–Crippen MR) is 67.9 cm³/mol. The number of carbonyl (C=O) groups is 2. The molecule has 0 aliphatic carbocycles. The average Bonchev–Trinajstić information content (AvgIpc) is 2.32. The largest absolute Gasteiger partial charge is 0.464 e. The summed E-state index contributed by atoms with van der Waals surface area (Å²) in [6.07, 6.45) is 0. The zero-order valence-electron chi connectivity index (χ0n) is 11.6. The Morgan fingerprint density at radius 1 is 1.33 bits per heavy atom. The molecule has 0 saturated heterocycles. The lowest BCUT2D eigenvalue weighted by atomic mass is 10.2. The van der Waals surface area contributed by atoms with Gasteiger partial charge in [-0.2, -0.15) is 0 Å². The maximum atomic E-state index is 12.0. The van der Waals surface area contributed by atoms with Gasteiger partial charge in [-0.1, -0.05) is 13.8 Å². The number of nitrogens with zero attached hydrogens (tertiary/aromatic N) is 1. The summed E-state index contributed by atoms with van der Waals surface area (Å²) >= 11 is 0. The molecule has 0 saturated carbocycles. The summed E-state index contributed by atoms with van der Waals surface area (Å²) in [6, 6.07) is -1.25. The Morgan fingerprint density at radius 3 is 2.39 bits per heavy atom. The second-order valence-electron chi connectivity index (χ2n) is 4.40. The Bertz CT molecular complexity index is 269. The fourth-order valence-electron chi connectivity index (χ4n) is 1.46. The van der Waals surface area contributed by atoms with E-state index in [1.165, 1.54) is 4.90 Å². The van der Waals surface area contributed by atoms with E-state index in [2.05, 4.69) is 0 Å². The lowest BCUT2D eigenvalue weighted by Crippen LogP contribution is -2.50. The van der Waals surface area contributed by atoms with Crippen LogP contribution in [-0.4, -0.2) is 56.2 Å². The smallest absolute Gasteiger partial charge is 0.332 e. The van der Waals surface area contributed by atoms with Crippen LogP contribution in [0.4, 0.5) is 0 Å². The van der Waals surface area contributed by atoms with Gasteiger partial charge in [0.2, 0.25) is 0 Å². The SMILES string of the molecule is CCOC(=O)C(N)C(=O)N(CCOC)CC(C)C. The van der Waals surface area contributed by atoms with Crippen LogP contribution in [0.25, 0.3) is 0 Å². The van der Waals surface area contributed by atoms with Gasteiger partial charge < -0.3 is 20.1 Å². The molecule has 0 fully saturated rings. The minimum atomic E-state index is -1.25. The number of rotatable bonds is 8. The van der Waals surface area contributed by atoms with Gasteiger partial charge in [-0.3, -0.25) is 4.79 Å². The molecule has 1 atom stereocenters. The molecule has 0 spiro atoms. The van der Waals surface area contributed by atoms with E-state index in [-0.39, 0.29) is 6.61 Å². The molecule has 0 aliphatic rings. The van der Waals surface area contributed by atoms with Gasteiger partial charge in [0.1, 0.15) is 0 Å². The van der Waals surface area contributed by atoms with Crippen molar-refractivity contribution in [3.63, 3.8) is 0 Å². The van der Waals surface area contributed by atoms with Crippen LogP contribution in [0.5, 0.6) is 0 Å². The summed E-state index contributed by atoms with van der Waals surface area (Å²) in [5, 5.41) is 0. The van der Waals surface area contributed by atoms with Crippen LogP contribution in [0.2, 0.25) is 0 Å². The second-order valence-corrected chi connectivity index (χ2v) is 4.40. The first-order chi connectivity index (χ1) is 8.43. The summed E-state index contributed by atoms with van der Waals surface area (Å²) in [7, 11) is 1.56. The van der Waals surface area contributed by atoms with Crippen LogP contribution in [0.1, 0.15) is 20.8 Å². The minimum Gasteiger partial charge on any atom is -0.464 e. The molecule has 106 valence electrons. The minimum absolute atomic E-state index is 0.210. The Kier molecular flexibility index (Phi) is 8.32. The van der Waals surface area contributed by atoms with Gasteiger partial charge >= 0.3 is 5.97 Å². The summed E-state index contributed by atoms with van der Waals surface area (Å²) in [4.78, 5) is 25.0. The van der Waals surface area contributed by atoms with Gasteiger partial charge in [0, 0.05) is 20.2 Å². The van der Waals surface area contributed by atoms with Crippen molar-refractivity contribution in [3.05, 3.63) is 0 Å². The predicted octanol–water partition coefficient (Wildman–Crippen LogP) is 0.00780. The lowest BCUT2D eigenvalue weighted by molar-refractivity contribution is -0.151. The van der Waals surface area contributed by atoms with E-state index in [9.17, 15) is 9.59 Å². The molecule has 0 aliphatic heterocycles. The van der Waals surface area contributed by atoms with Crippen LogP contribution in [0.3, 0.4) is 0 Å². The number of esters is 1. The van der Waals surface area contributed by atoms with Crippen molar-refractivity contribution in [2.24, 2.45) is 11.7 Å². The number of amides is 1. The molecule has 18 heavy (non-hydrogen) atoms. The van der Waals surface area contributed by atoms with Crippen LogP contribution in [-0.2, 0) is 19.1 Å². The highest BCUT2D eigenvalue weighted by Crippen LogP contribution is 2.02. The number of carbonyl (C=O) groups excluding carboxylic acids is 2. The number of ether oxygens (including phenoxy) is 2. The second kappa shape index (κ2) is 8.88. The Hall–Kier alpha value is -1.14. The van der Waals surface area contributed by atoms with Crippen molar-refractivity contribution in [1.29, 1.82) is 0 Å². The zero-order chi connectivity index (χ0) is 14.1. The number of hydrogen-bond acceptors (Lipinski definition) is 5. The fourth-order valence-corrected chi connectivity index (χ4v) is 1.46. The highest BCUT2D eigenvalue weighted by Gasteiger charge is 2.28. The summed E-state index contributed by atoms with van der Waals surface area (Å²) < 4.78 is 9.68. The average molecular weight is 260 g/mol. The number of nitrogens with two attached hydrogens (primary N) is 1. The van der Waals surface area contributed by atoms with Gasteiger partial charge in [0.25, 0.3) is 5.91 Å². The van der Waals surface area contributed by atoms with Crippen molar-refractivity contribution >= 4 is 11.9 Å². The molecule has 0 radical (unpaired) electrons. The zero-order valence-corrected chi connectivity index (χ0v) is 11.6. The fraction of sp³-hybridized carbons (Fsp3) is 0.833. The third-order valence-electron chi connectivity index (χ3n) is 2.27. The highest BCUT2D eigenvalue weighted by atomic mass is 16.5. The standard InChI is InChI=1S/C12H24N2O4/c1-5-18-12(16)10(13)11(15)14(6-7-17-4)8-9(2)3/h9-10H,5-8,13H2,1-4H3. The van der Waals surface area contributed by atoms with Crippen LogP contribution in [0.15, 0.2) is 0 Å². The third kappa shape index (κ3) is 5.97. The first-order valence-corrected chi connectivity index (χ1v) is 6.13. The molecule has 1 unspecified atom stereocenters. The van der Waals surface area contributed by atoms with E-state index in [0.717, 1.165) is 0 Å². The van der Waals surface area contributed by atoms with Crippen molar-refractivity contribution in [3.8, 4) is 0 Å². The van der Waals surface area contributed by atoms with Crippen LogP contribution < -0.4 is 5.73 Å². The molecule has 0 aromatic carbocycles. The van der Waals surface area contributed by atoms with Crippen molar-refractivity contribution in [2.45, 2.75) is 26.8 Å². The Labute approximate surface area is 108 Å². The molecule has 0 aromatic heterocycles. The number of hydrogen-bond donors (Lipinski definition) is 1. The van der Waals surface area contributed by atoms with E-state index in [4.69, 9.17) is 15.2 Å². The molecule has 6 heteroatoms. The highest BCUT2D eigenvalue weighted by molar-refractivity contribution is 6.01. The Morgan fingerprint density at radius 2 is 1.94 bits per heavy atom. The first kappa shape index (κ1) is 16.9. The van der Waals surface area contributed by atoms with Gasteiger partial charge in [-0.15, -0.1) is 0 Å². The first-order valence-electron chi connectivity index (χ1n) is 6.13. The van der Waals surface area contributed by atoms with E-state index < -0.39 is 17.9 Å². The van der Waals surface area contributed by atoms with Crippen LogP contribution in [0, 0.1) is 5.92 Å². The molecule has 2 N–H and O–H groups in total. The maximum absolute atomic E-state index is 12.0. The Balaban J connectivity index is 4.56. The lowest BCUT2D eigenvalue weighted by Gasteiger charge is -2.26. The van der Waals surface area contributed by atoms with E-state index >= 15 is 0 Å². The molecule has 0 rings (SSSR count). The van der Waals surface area contributed by atoms with E-state index in [1.54, 1.807) is 14.0 Å². The van der Waals surface area contributed by atoms with Gasteiger partial charge in [-0.05, 0) is 12.8 Å². The number of methoxy groups -OCH3 is 1. The quantitative estimate of drug-likeness (QED) is 0.491. The molecule has 0 bridgehead atoms. The molecular weight excluding hydrogens is 236 g/mol. The molecule has 6 nitrogen and oxygen atoms in total. The van der Waals surface area contributed by atoms with E-state index in [1.807, 2.05) is 13.8 Å². The summed E-state index contributed by atoms with van der Waals surface area (Å²) in [5.41, 5.74) is 5.59. The van der Waals surface area contributed by atoms with Gasteiger partial charge in [0.15, 0.2) is 6.04 Å². The third-order valence-corrected chi connectivity index (χ3v) is 2.27. The molecule has 0 aromatic rings. The topological polar surface area (TPSA) is 81.9 Å². The molecular formula is C12H24N2O4. The molecule has 1 amide bonds. The van der Waals surface area contributed by atoms with Gasteiger partial charge in [0.05, 0.1) is 13.2 Å². The monoisotopic (exact) mass is 260 g/mol. The van der Waals surface area contributed by atoms with Crippen LogP contribution >= 0.6 is 0 Å².